The van der Waals surface area contributed by atoms with Crippen LogP contribution in [0.2, 0.25) is 0 Å². The zero-order valence-corrected chi connectivity index (χ0v) is 35.5. The Bertz CT molecular complexity index is 1840. The van der Waals surface area contributed by atoms with Gasteiger partial charge in [-0.05, 0) is 92.6 Å². The summed E-state index contributed by atoms with van der Waals surface area (Å²) in [5.74, 6) is 1.24. The minimum Gasteiger partial charge on any atom is -0.493 e. The number of aryl methyl sites for hydroxylation is 2. The van der Waals surface area contributed by atoms with Crippen LogP contribution in [0.4, 0.5) is 0 Å². The number of carbonyl (C=O) groups excluding carboxylic acids is 3. The molecule has 5 rings (SSSR count). The van der Waals surface area contributed by atoms with E-state index in [-0.39, 0.29) is 11.9 Å². The summed E-state index contributed by atoms with van der Waals surface area (Å²) < 4.78 is 32.4. The first-order chi connectivity index (χ1) is 28.9. The molecular weight excluding hydrogens is 747 g/mol. The summed E-state index contributed by atoms with van der Waals surface area (Å²) in [5.41, 5.74) is 8.21. The quantitative estimate of drug-likeness (QED) is 0.0409. The molecule has 1 aliphatic rings. The van der Waals surface area contributed by atoms with Crippen molar-refractivity contribution < 1.29 is 42.8 Å². The first-order valence-corrected chi connectivity index (χ1v) is 21.0. The predicted octanol–water partition coefficient (Wildman–Crippen LogP) is 9.33. The summed E-state index contributed by atoms with van der Waals surface area (Å²) in [7, 11) is 3.36. The Labute approximate surface area is 351 Å². The van der Waals surface area contributed by atoms with Crippen LogP contribution in [0.1, 0.15) is 85.8 Å². The number of aldehydes is 1. The Morgan fingerprint density at radius 2 is 1.05 bits per heavy atom. The van der Waals surface area contributed by atoms with Gasteiger partial charge in [0, 0.05) is 76.4 Å². The van der Waals surface area contributed by atoms with E-state index in [9.17, 15) is 14.4 Å². The van der Waals surface area contributed by atoms with Crippen molar-refractivity contribution in [3.05, 3.63) is 107 Å². The number of esters is 2. The van der Waals surface area contributed by atoms with Crippen LogP contribution in [-0.4, -0.2) is 90.1 Å². The molecule has 1 fully saturated rings. The van der Waals surface area contributed by atoms with E-state index in [2.05, 4.69) is 47.4 Å². The van der Waals surface area contributed by atoms with Crippen molar-refractivity contribution in [1.29, 1.82) is 0 Å². The van der Waals surface area contributed by atoms with Gasteiger partial charge in [-0.1, -0.05) is 79.2 Å². The molecule has 0 aliphatic carbocycles. The third-order valence-electron chi connectivity index (χ3n) is 9.92. The summed E-state index contributed by atoms with van der Waals surface area (Å²) >= 11 is 0. The fraction of sp³-hybridized carbons (Fsp3) is 0.449. The lowest BCUT2D eigenvalue weighted by Crippen LogP contribution is -2.28. The highest BCUT2D eigenvalue weighted by atomic mass is 16.5. The van der Waals surface area contributed by atoms with E-state index in [1.807, 2.05) is 37.3 Å². The molecule has 0 amide bonds. The molecule has 0 saturated carbocycles. The van der Waals surface area contributed by atoms with Crippen molar-refractivity contribution in [2.45, 2.75) is 78.2 Å². The first-order valence-electron chi connectivity index (χ1n) is 21.0. The Balaban J connectivity index is 0.000000265. The number of rotatable bonds is 23. The average molecular weight is 810 g/mol. The van der Waals surface area contributed by atoms with E-state index in [0.717, 1.165) is 70.6 Å². The van der Waals surface area contributed by atoms with Crippen molar-refractivity contribution in [1.82, 2.24) is 4.90 Å². The molecule has 59 heavy (non-hydrogen) atoms. The van der Waals surface area contributed by atoms with E-state index in [0.29, 0.717) is 70.9 Å². The SMILES string of the molecule is CCOC(=O)CCc1ccc(-c2ccc(C=O)cc2)c(OCCCOC)c1.CCOC(=O)CCc1ccc(-c2ccc(CN3CCCCC3)cc2)c(OCCCOC)c1. The number of carbonyl (C=O) groups is 3. The van der Waals surface area contributed by atoms with Crippen LogP contribution in [0.5, 0.6) is 11.5 Å². The molecular formula is C49H63NO9. The molecule has 1 heterocycles. The van der Waals surface area contributed by atoms with Crippen LogP contribution in [-0.2, 0) is 47.9 Å². The summed E-state index contributed by atoms with van der Waals surface area (Å²) in [5, 5.41) is 0. The third kappa shape index (κ3) is 16.6. The molecule has 1 saturated heterocycles. The second-order valence-corrected chi connectivity index (χ2v) is 14.4. The van der Waals surface area contributed by atoms with Crippen molar-refractivity contribution in [2.75, 3.05) is 67.0 Å². The summed E-state index contributed by atoms with van der Waals surface area (Å²) in [4.78, 5) is 36.7. The zero-order valence-electron chi connectivity index (χ0n) is 35.5. The summed E-state index contributed by atoms with van der Waals surface area (Å²) in [6.07, 6.45) is 8.37. The van der Waals surface area contributed by atoms with Crippen LogP contribution in [0.3, 0.4) is 0 Å². The zero-order chi connectivity index (χ0) is 42.1. The van der Waals surface area contributed by atoms with Crippen LogP contribution in [0, 0.1) is 0 Å². The maximum Gasteiger partial charge on any atom is 0.306 e. The van der Waals surface area contributed by atoms with Gasteiger partial charge in [-0.3, -0.25) is 19.3 Å². The molecule has 0 N–H and O–H groups in total. The van der Waals surface area contributed by atoms with Gasteiger partial charge in [0.1, 0.15) is 17.8 Å². The van der Waals surface area contributed by atoms with Crippen molar-refractivity contribution in [3.8, 4) is 33.8 Å². The van der Waals surface area contributed by atoms with Gasteiger partial charge in [0.05, 0.1) is 26.4 Å². The lowest BCUT2D eigenvalue weighted by molar-refractivity contribution is -0.144. The van der Waals surface area contributed by atoms with Crippen LogP contribution in [0.15, 0.2) is 84.9 Å². The van der Waals surface area contributed by atoms with Crippen LogP contribution < -0.4 is 9.47 Å². The second kappa shape index (κ2) is 26.9. The van der Waals surface area contributed by atoms with Gasteiger partial charge >= 0.3 is 11.9 Å². The molecule has 0 radical (unpaired) electrons. The Hall–Kier alpha value is -5.03. The normalized spacial score (nSPS) is 12.5. The molecule has 10 heteroatoms. The number of benzene rings is 4. The summed E-state index contributed by atoms with van der Waals surface area (Å²) in [6, 6.07) is 28.4. The van der Waals surface area contributed by atoms with Gasteiger partial charge in [-0.15, -0.1) is 0 Å². The Morgan fingerprint density at radius 3 is 1.49 bits per heavy atom. The number of nitrogens with zero attached hydrogens (tertiary/aromatic N) is 1. The molecule has 4 aromatic rings. The molecule has 318 valence electrons. The second-order valence-electron chi connectivity index (χ2n) is 14.4. The maximum absolute atomic E-state index is 11.7. The van der Waals surface area contributed by atoms with Gasteiger partial charge < -0.3 is 28.4 Å². The smallest absolute Gasteiger partial charge is 0.306 e. The molecule has 10 nitrogen and oxygen atoms in total. The minimum atomic E-state index is -0.200. The average Bonchev–Trinajstić information content (AvgIpc) is 3.26. The van der Waals surface area contributed by atoms with Crippen molar-refractivity contribution in [3.63, 3.8) is 0 Å². The molecule has 0 unspecified atom stereocenters. The Kier molecular flexibility index (Phi) is 21.2. The Morgan fingerprint density at radius 1 is 0.593 bits per heavy atom. The van der Waals surface area contributed by atoms with Gasteiger partial charge in [0.2, 0.25) is 0 Å². The van der Waals surface area contributed by atoms with Gasteiger partial charge in [0.15, 0.2) is 0 Å². The molecule has 0 atom stereocenters. The van der Waals surface area contributed by atoms with E-state index in [1.165, 1.54) is 37.9 Å². The van der Waals surface area contributed by atoms with Crippen LogP contribution >= 0.6 is 0 Å². The molecule has 0 aromatic heterocycles. The number of likely N-dealkylation sites (tertiary alicyclic amines) is 1. The topological polar surface area (TPSA) is 110 Å². The lowest BCUT2D eigenvalue weighted by Gasteiger charge is -2.26. The van der Waals surface area contributed by atoms with E-state index >= 15 is 0 Å². The number of ether oxygens (including phenoxy) is 6. The molecule has 0 bridgehead atoms. The largest absolute Gasteiger partial charge is 0.493 e. The van der Waals surface area contributed by atoms with Gasteiger partial charge in [-0.2, -0.15) is 0 Å². The van der Waals surface area contributed by atoms with Gasteiger partial charge in [0.25, 0.3) is 0 Å². The fourth-order valence-electron chi connectivity index (χ4n) is 6.80. The molecule has 0 spiro atoms. The monoisotopic (exact) mass is 809 g/mol. The van der Waals surface area contributed by atoms with Crippen molar-refractivity contribution in [2.24, 2.45) is 0 Å². The highest BCUT2D eigenvalue weighted by Gasteiger charge is 2.14. The highest BCUT2D eigenvalue weighted by molar-refractivity contribution is 5.78. The first kappa shape index (κ1) is 46.7. The molecule has 4 aromatic carbocycles. The van der Waals surface area contributed by atoms with Crippen molar-refractivity contribution >= 4 is 18.2 Å². The lowest BCUT2D eigenvalue weighted by atomic mass is 9.99. The third-order valence-corrected chi connectivity index (χ3v) is 9.92. The summed E-state index contributed by atoms with van der Waals surface area (Å²) in [6.45, 7) is 10.3. The number of piperidine rings is 1. The van der Waals surface area contributed by atoms with E-state index < -0.39 is 0 Å². The van der Waals surface area contributed by atoms with E-state index in [1.54, 1.807) is 33.3 Å². The van der Waals surface area contributed by atoms with E-state index in [4.69, 9.17) is 28.4 Å². The standard InChI is InChI=1S/C27H37NO4.C22H26O5/c1-3-31-27(29)15-11-22-10-14-25(26(20-22)32-19-7-18-30-2)24-12-8-23(9-13-24)21-28-16-5-4-6-17-28;1-3-26-22(24)12-8-17-7-11-20(19-9-5-18(16-23)6-10-19)21(15-17)27-14-4-13-25-2/h8-10,12-14,20H,3-7,11,15-19,21H2,1-2H3;5-7,9-11,15-16H,3-4,8,12-14H2,1-2H3. The maximum atomic E-state index is 11.7. The minimum absolute atomic E-state index is 0.163. The number of methoxy groups -OCH3 is 2. The van der Waals surface area contributed by atoms with Crippen LogP contribution in [0.25, 0.3) is 22.3 Å². The molecule has 1 aliphatic heterocycles. The van der Waals surface area contributed by atoms with Gasteiger partial charge in [-0.25, -0.2) is 0 Å². The predicted molar refractivity (Wildman–Crippen MR) is 232 cm³/mol. The number of hydrogen-bond donors (Lipinski definition) is 0. The highest BCUT2D eigenvalue weighted by Crippen LogP contribution is 2.33. The fourth-order valence-corrected chi connectivity index (χ4v) is 6.80. The number of hydrogen-bond acceptors (Lipinski definition) is 10.